The predicted octanol–water partition coefficient (Wildman–Crippen LogP) is 3.26. The molecule has 25 heavy (non-hydrogen) atoms. The zero-order valence-corrected chi connectivity index (χ0v) is 14.0. The van der Waals surface area contributed by atoms with E-state index >= 15 is 0 Å². The molecule has 0 saturated heterocycles. The number of urea groups is 1. The van der Waals surface area contributed by atoms with Crippen LogP contribution in [0, 0.1) is 0 Å². The van der Waals surface area contributed by atoms with Crippen molar-refractivity contribution in [1.82, 2.24) is 20.3 Å². The Labute approximate surface area is 145 Å². The molecule has 3 rings (SSSR count). The topological polar surface area (TPSA) is 84.2 Å². The van der Waals surface area contributed by atoms with Crippen LogP contribution in [0.25, 0.3) is 11.0 Å². The maximum Gasteiger partial charge on any atom is 0.326 e. The van der Waals surface area contributed by atoms with Crippen molar-refractivity contribution in [1.29, 1.82) is 0 Å². The summed E-state index contributed by atoms with van der Waals surface area (Å²) >= 11 is 0. The van der Waals surface area contributed by atoms with Gasteiger partial charge in [-0.25, -0.2) is 4.79 Å². The summed E-state index contributed by atoms with van der Waals surface area (Å²) in [6.07, 6.45) is 1.95. The van der Waals surface area contributed by atoms with Gasteiger partial charge in [-0.15, -0.1) is 5.10 Å². The van der Waals surface area contributed by atoms with Crippen LogP contribution < -0.4 is 10.6 Å². The van der Waals surface area contributed by atoms with Gasteiger partial charge >= 0.3 is 6.03 Å². The number of nitrogens with zero attached hydrogens (tertiary/aromatic N) is 4. The molecule has 1 aromatic heterocycles. The van der Waals surface area contributed by atoms with E-state index in [-0.39, 0.29) is 6.03 Å². The van der Waals surface area contributed by atoms with E-state index < -0.39 is 0 Å². The Morgan fingerprint density at radius 1 is 1.12 bits per heavy atom. The Morgan fingerprint density at radius 2 is 1.88 bits per heavy atom. The summed E-state index contributed by atoms with van der Waals surface area (Å²) in [6.45, 7) is 2.70. The molecule has 0 saturated carbocycles. The van der Waals surface area contributed by atoms with E-state index in [2.05, 4.69) is 32.9 Å². The highest BCUT2D eigenvalue weighted by atomic mass is 16.2. The molecule has 0 bridgehead atoms. The number of unbranched alkanes of at least 4 members (excludes halogenated alkanes) is 1. The Hall–Kier alpha value is -3.22. The fourth-order valence-corrected chi connectivity index (χ4v) is 2.31. The van der Waals surface area contributed by atoms with Gasteiger partial charge in [0, 0.05) is 12.2 Å². The lowest BCUT2D eigenvalue weighted by atomic mass is 10.3. The Balaban J connectivity index is 1.82. The van der Waals surface area contributed by atoms with Crippen molar-refractivity contribution in [2.75, 3.05) is 11.9 Å². The number of amides is 2. The SMILES string of the molecule is CCCCN=C(NC(=O)Nc1ccccc1)n1nnc2ccccc21. The van der Waals surface area contributed by atoms with Crippen LogP contribution in [0.4, 0.5) is 10.5 Å². The van der Waals surface area contributed by atoms with Crippen LogP contribution in [0.15, 0.2) is 59.6 Å². The van der Waals surface area contributed by atoms with E-state index in [1.165, 1.54) is 0 Å². The lowest BCUT2D eigenvalue weighted by Crippen LogP contribution is -2.39. The minimum atomic E-state index is -0.374. The summed E-state index contributed by atoms with van der Waals surface area (Å²) in [7, 11) is 0. The van der Waals surface area contributed by atoms with Crippen molar-refractivity contribution in [3.8, 4) is 0 Å². The fraction of sp³-hybridized carbons (Fsp3) is 0.222. The first kappa shape index (κ1) is 16.6. The first-order valence-corrected chi connectivity index (χ1v) is 8.26. The number of aromatic nitrogens is 3. The highest BCUT2D eigenvalue weighted by molar-refractivity contribution is 6.04. The van der Waals surface area contributed by atoms with Crippen LogP contribution in [0.5, 0.6) is 0 Å². The number of hydrogen-bond donors (Lipinski definition) is 2. The Bertz CT molecular complexity index is 871. The molecule has 0 atom stereocenters. The summed E-state index contributed by atoms with van der Waals surface area (Å²) < 4.78 is 1.55. The van der Waals surface area contributed by atoms with Crippen molar-refractivity contribution in [2.45, 2.75) is 19.8 Å². The summed E-state index contributed by atoms with van der Waals surface area (Å²) in [6, 6.07) is 16.4. The van der Waals surface area contributed by atoms with E-state index in [0.717, 1.165) is 23.9 Å². The number of para-hydroxylation sites is 2. The van der Waals surface area contributed by atoms with Crippen LogP contribution in [-0.2, 0) is 0 Å². The number of anilines is 1. The van der Waals surface area contributed by atoms with Crippen LogP contribution in [0.2, 0.25) is 0 Å². The van der Waals surface area contributed by atoms with E-state index in [9.17, 15) is 4.79 Å². The molecule has 2 amide bonds. The van der Waals surface area contributed by atoms with Crippen molar-refractivity contribution in [3.63, 3.8) is 0 Å². The number of rotatable bonds is 4. The minimum Gasteiger partial charge on any atom is -0.308 e. The number of benzene rings is 2. The van der Waals surface area contributed by atoms with Gasteiger partial charge in [0.1, 0.15) is 5.52 Å². The molecule has 128 valence electrons. The van der Waals surface area contributed by atoms with Crippen LogP contribution in [0.1, 0.15) is 19.8 Å². The molecule has 0 spiro atoms. The molecule has 2 aromatic carbocycles. The largest absolute Gasteiger partial charge is 0.326 e. The lowest BCUT2D eigenvalue weighted by molar-refractivity contribution is 0.256. The number of hydrogen-bond acceptors (Lipinski definition) is 4. The van der Waals surface area contributed by atoms with E-state index in [4.69, 9.17) is 0 Å². The van der Waals surface area contributed by atoms with E-state index in [0.29, 0.717) is 18.2 Å². The van der Waals surface area contributed by atoms with Gasteiger partial charge in [0.05, 0.1) is 5.52 Å². The average molecular weight is 336 g/mol. The van der Waals surface area contributed by atoms with Gasteiger partial charge in [-0.1, -0.05) is 48.9 Å². The molecule has 7 heteroatoms. The fourth-order valence-electron chi connectivity index (χ4n) is 2.31. The van der Waals surface area contributed by atoms with Gasteiger partial charge in [-0.05, 0) is 30.7 Å². The van der Waals surface area contributed by atoms with E-state index in [1.807, 2.05) is 54.6 Å². The molecule has 3 aromatic rings. The summed E-state index contributed by atoms with van der Waals surface area (Å²) in [4.78, 5) is 16.8. The Kier molecular flexibility index (Phi) is 5.36. The summed E-state index contributed by atoms with van der Waals surface area (Å²) in [5.74, 6) is 0.357. The highest BCUT2D eigenvalue weighted by Crippen LogP contribution is 2.10. The number of nitrogens with one attached hydrogen (secondary N) is 2. The first-order valence-electron chi connectivity index (χ1n) is 8.26. The lowest BCUT2D eigenvalue weighted by Gasteiger charge is -2.10. The molecule has 0 unspecified atom stereocenters. The third-order valence-electron chi connectivity index (χ3n) is 3.58. The van der Waals surface area contributed by atoms with Gasteiger partial charge < -0.3 is 5.32 Å². The van der Waals surface area contributed by atoms with Crippen LogP contribution >= 0.6 is 0 Å². The first-order chi connectivity index (χ1) is 12.3. The van der Waals surface area contributed by atoms with Gasteiger partial charge in [0.2, 0.25) is 5.96 Å². The molecule has 0 aliphatic rings. The quantitative estimate of drug-likeness (QED) is 0.436. The number of carbonyl (C=O) groups excluding carboxylic acids is 1. The smallest absolute Gasteiger partial charge is 0.308 e. The zero-order chi connectivity index (χ0) is 17.5. The highest BCUT2D eigenvalue weighted by Gasteiger charge is 2.13. The third kappa shape index (κ3) is 4.20. The second-order valence-electron chi connectivity index (χ2n) is 5.49. The maximum absolute atomic E-state index is 12.3. The standard InChI is InChI=1S/C18H20N6O/c1-2-3-13-19-17(21-18(25)20-14-9-5-4-6-10-14)24-16-12-8-7-11-15(16)22-23-24/h4-12H,2-3,13H2,1H3,(H2,19,20,21,25). The molecular weight excluding hydrogens is 316 g/mol. The van der Waals surface area contributed by atoms with Gasteiger partial charge in [-0.2, -0.15) is 4.68 Å². The number of carbonyl (C=O) groups is 1. The van der Waals surface area contributed by atoms with Crippen molar-refractivity contribution >= 4 is 28.7 Å². The summed E-state index contributed by atoms with van der Waals surface area (Å²) in [5, 5.41) is 13.8. The second kappa shape index (κ2) is 8.05. The molecule has 0 aliphatic heterocycles. The molecule has 0 radical (unpaired) electrons. The molecule has 0 fully saturated rings. The average Bonchev–Trinajstić information content (AvgIpc) is 3.06. The predicted molar refractivity (Wildman–Crippen MR) is 98.7 cm³/mol. The van der Waals surface area contributed by atoms with Gasteiger partial charge in [-0.3, -0.25) is 10.3 Å². The summed E-state index contributed by atoms with van der Waals surface area (Å²) in [5.41, 5.74) is 2.24. The zero-order valence-electron chi connectivity index (χ0n) is 14.0. The van der Waals surface area contributed by atoms with Crippen molar-refractivity contribution < 1.29 is 4.79 Å². The monoisotopic (exact) mass is 336 g/mol. The second-order valence-corrected chi connectivity index (χ2v) is 5.49. The molecule has 1 heterocycles. The molecule has 7 nitrogen and oxygen atoms in total. The maximum atomic E-state index is 12.3. The third-order valence-corrected chi connectivity index (χ3v) is 3.58. The molecular formula is C18H20N6O. The van der Waals surface area contributed by atoms with Crippen LogP contribution in [-0.4, -0.2) is 33.5 Å². The van der Waals surface area contributed by atoms with Crippen molar-refractivity contribution in [3.05, 3.63) is 54.6 Å². The molecule has 2 N–H and O–H groups in total. The number of aliphatic imine (C=N–C) groups is 1. The number of fused-ring (bicyclic) bond motifs is 1. The van der Waals surface area contributed by atoms with Crippen molar-refractivity contribution in [2.24, 2.45) is 4.99 Å². The van der Waals surface area contributed by atoms with Gasteiger partial charge in [0.15, 0.2) is 0 Å². The van der Waals surface area contributed by atoms with Crippen LogP contribution in [0.3, 0.4) is 0 Å². The normalized spacial score (nSPS) is 11.5. The Morgan fingerprint density at radius 3 is 2.68 bits per heavy atom. The van der Waals surface area contributed by atoms with Gasteiger partial charge in [0.25, 0.3) is 0 Å². The molecule has 0 aliphatic carbocycles. The minimum absolute atomic E-state index is 0.357. The van der Waals surface area contributed by atoms with E-state index in [1.54, 1.807) is 4.68 Å².